The molecule has 5 heteroatoms. The van der Waals surface area contributed by atoms with Crippen molar-refractivity contribution in [1.82, 2.24) is 5.32 Å². The zero-order valence-electron chi connectivity index (χ0n) is 15.9. The van der Waals surface area contributed by atoms with E-state index in [-0.39, 0.29) is 12.4 Å². The lowest BCUT2D eigenvalue weighted by molar-refractivity contribution is -0.117. The number of Topliss-reactive ketones (excluding diaryl/α,β-unsaturated/α-hetero) is 1. The van der Waals surface area contributed by atoms with Crippen molar-refractivity contribution in [2.45, 2.75) is 32.3 Å². The van der Waals surface area contributed by atoms with Gasteiger partial charge in [-0.15, -0.1) is 0 Å². The number of aliphatic hydroxyl groups excluding tert-OH is 1. The Bertz CT molecular complexity index is 658. The van der Waals surface area contributed by atoms with E-state index >= 15 is 0 Å². The molecule has 2 aromatic carbocycles. The third kappa shape index (κ3) is 9.22. The van der Waals surface area contributed by atoms with Gasteiger partial charge in [-0.3, -0.25) is 0 Å². The Morgan fingerprint density at radius 1 is 1.04 bits per heavy atom. The van der Waals surface area contributed by atoms with Crippen molar-refractivity contribution in [2.24, 2.45) is 0 Å². The number of aliphatic hydroxyl groups is 1. The SMILES string of the molecule is CC(=O)CCCc1ccc(OCCNCC(O)COc2ccccc2)cc1. The van der Waals surface area contributed by atoms with Gasteiger partial charge in [0.1, 0.15) is 36.6 Å². The summed E-state index contributed by atoms with van der Waals surface area (Å²) in [5.74, 6) is 1.81. The summed E-state index contributed by atoms with van der Waals surface area (Å²) in [5, 5.41) is 13.1. The maximum atomic E-state index is 11.0. The number of para-hydroxylation sites is 1. The molecule has 0 amide bonds. The van der Waals surface area contributed by atoms with Crippen molar-refractivity contribution in [3.63, 3.8) is 0 Å². The molecule has 1 unspecified atom stereocenters. The second-order valence-electron chi connectivity index (χ2n) is 6.53. The Morgan fingerprint density at radius 3 is 2.44 bits per heavy atom. The molecule has 0 aliphatic heterocycles. The number of carbonyl (C=O) groups excluding carboxylic acids is 1. The van der Waals surface area contributed by atoms with E-state index in [0.29, 0.717) is 26.1 Å². The lowest BCUT2D eigenvalue weighted by Gasteiger charge is -2.13. The zero-order chi connectivity index (χ0) is 19.3. The molecular formula is C22H29NO4. The van der Waals surface area contributed by atoms with Crippen molar-refractivity contribution in [2.75, 3.05) is 26.3 Å². The standard InChI is InChI=1S/C22H29NO4/c1-18(24)6-5-7-19-10-12-22(13-11-19)26-15-14-23-16-20(25)17-27-21-8-3-2-4-9-21/h2-4,8-13,20,23,25H,5-7,14-17H2,1H3. The van der Waals surface area contributed by atoms with Crippen molar-refractivity contribution in [1.29, 1.82) is 0 Å². The summed E-state index contributed by atoms with van der Waals surface area (Å²) in [4.78, 5) is 11.0. The maximum absolute atomic E-state index is 11.0. The monoisotopic (exact) mass is 371 g/mol. The molecule has 0 bridgehead atoms. The van der Waals surface area contributed by atoms with Crippen molar-refractivity contribution in [3.05, 3.63) is 60.2 Å². The van der Waals surface area contributed by atoms with Gasteiger partial charge in [-0.1, -0.05) is 30.3 Å². The predicted molar refractivity (Wildman–Crippen MR) is 106 cm³/mol. The molecule has 27 heavy (non-hydrogen) atoms. The van der Waals surface area contributed by atoms with E-state index in [2.05, 4.69) is 5.32 Å². The highest BCUT2D eigenvalue weighted by atomic mass is 16.5. The first kappa shape index (κ1) is 20.9. The minimum absolute atomic E-state index is 0.235. The van der Waals surface area contributed by atoms with Gasteiger partial charge in [-0.05, 0) is 49.6 Å². The van der Waals surface area contributed by atoms with Gasteiger partial charge in [0, 0.05) is 19.5 Å². The second-order valence-corrected chi connectivity index (χ2v) is 6.53. The van der Waals surface area contributed by atoms with Gasteiger partial charge < -0.3 is 24.7 Å². The summed E-state index contributed by atoms with van der Waals surface area (Å²) in [5.41, 5.74) is 1.21. The molecule has 0 saturated heterocycles. The number of hydrogen-bond donors (Lipinski definition) is 2. The lowest BCUT2D eigenvalue weighted by Crippen LogP contribution is -2.33. The molecule has 0 saturated carbocycles. The van der Waals surface area contributed by atoms with Gasteiger partial charge >= 0.3 is 0 Å². The van der Waals surface area contributed by atoms with Crippen LogP contribution >= 0.6 is 0 Å². The van der Waals surface area contributed by atoms with Gasteiger partial charge in [0.05, 0.1) is 0 Å². The number of benzene rings is 2. The summed E-state index contributed by atoms with van der Waals surface area (Å²) < 4.78 is 11.2. The smallest absolute Gasteiger partial charge is 0.129 e. The molecule has 0 spiro atoms. The third-order valence-electron chi connectivity index (χ3n) is 4.03. The van der Waals surface area contributed by atoms with Gasteiger partial charge in [0.25, 0.3) is 0 Å². The van der Waals surface area contributed by atoms with Crippen LogP contribution in [0.5, 0.6) is 11.5 Å². The highest BCUT2D eigenvalue weighted by Crippen LogP contribution is 2.14. The Balaban J connectivity index is 1.53. The molecule has 0 radical (unpaired) electrons. The first-order chi connectivity index (χ1) is 13.1. The molecule has 5 nitrogen and oxygen atoms in total. The van der Waals surface area contributed by atoms with Gasteiger partial charge in [-0.2, -0.15) is 0 Å². The molecule has 2 rings (SSSR count). The second kappa shape index (κ2) is 12.1. The van der Waals surface area contributed by atoms with Gasteiger partial charge in [0.15, 0.2) is 0 Å². The maximum Gasteiger partial charge on any atom is 0.129 e. The Morgan fingerprint density at radius 2 is 1.74 bits per heavy atom. The van der Waals surface area contributed by atoms with Crippen LogP contribution in [0.15, 0.2) is 54.6 Å². The average molecular weight is 371 g/mol. The number of ether oxygens (including phenoxy) is 2. The molecule has 0 aliphatic rings. The average Bonchev–Trinajstić information content (AvgIpc) is 2.68. The number of carbonyl (C=O) groups is 1. The topological polar surface area (TPSA) is 67.8 Å². The van der Waals surface area contributed by atoms with E-state index in [1.54, 1.807) is 6.92 Å². The number of aryl methyl sites for hydroxylation is 1. The van der Waals surface area contributed by atoms with E-state index in [9.17, 15) is 9.90 Å². The molecular weight excluding hydrogens is 342 g/mol. The van der Waals surface area contributed by atoms with Crippen LogP contribution in [0.4, 0.5) is 0 Å². The Hall–Kier alpha value is -2.37. The van der Waals surface area contributed by atoms with Crippen LogP contribution in [0.3, 0.4) is 0 Å². The molecule has 2 aromatic rings. The Labute approximate surface area is 161 Å². The van der Waals surface area contributed by atoms with Crippen LogP contribution in [-0.2, 0) is 11.2 Å². The van der Waals surface area contributed by atoms with Crippen molar-refractivity contribution in [3.8, 4) is 11.5 Å². The summed E-state index contributed by atoms with van der Waals surface area (Å²) in [7, 11) is 0. The van der Waals surface area contributed by atoms with Crippen LogP contribution in [0.2, 0.25) is 0 Å². The van der Waals surface area contributed by atoms with Gasteiger partial charge in [-0.25, -0.2) is 0 Å². The molecule has 0 fully saturated rings. The fourth-order valence-corrected chi connectivity index (χ4v) is 2.57. The summed E-state index contributed by atoms with van der Waals surface area (Å²) in [6.45, 7) is 3.49. The fourth-order valence-electron chi connectivity index (χ4n) is 2.57. The van der Waals surface area contributed by atoms with Crippen LogP contribution in [-0.4, -0.2) is 43.3 Å². The quantitative estimate of drug-likeness (QED) is 0.530. The molecule has 0 aliphatic carbocycles. The number of rotatable bonds is 13. The van der Waals surface area contributed by atoms with E-state index in [1.807, 2.05) is 54.6 Å². The summed E-state index contributed by atoms with van der Waals surface area (Å²) in [6.07, 6.45) is 1.85. The predicted octanol–water partition coefficient (Wildman–Crippen LogP) is 3.01. The van der Waals surface area contributed by atoms with Crippen LogP contribution in [0, 0.1) is 0 Å². The third-order valence-corrected chi connectivity index (χ3v) is 4.03. The van der Waals surface area contributed by atoms with E-state index in [0.717, 1.165) is 24.3 Å². The molecule has 1 atom stereocenters. The van der Waals surface area contributed by atoms with Crippen LogP contribution in [0.25, 0.3) is 0 Å². The molecule has 2 N–H and O–H groups in total. The van der Waals surface area contributed by atoms with Gasteiger partial charge in [0.2, 0.25) is 0 Å². The van der Waals surface area contributed by atoms with Crippen molar-refractivity contribution >= 4 is 5.78 Å². The first-order valence-electron chi connectivity index (χ1n) is 9.41. The fraction of sp³-hybridized carbons (Fsp3) is 0.409. The van der Waals surface area contributed by atoms with Crippen LogP contribution < -0.4 is 14.8 Å². The minimum atomic E-state index is -0.570. The normalized spacial score (nSPS) is 11.8. The van der Waals surface area contributed by atoms with E-state index < -0.39 is 6.10 Å². The molecule has 0 heterocycles. The molecule has 146 valence electrons. The highest BCUT2D eigenvalue weighted by molar-refractivity contribution is 5.75. The lowest BCUT2D eigenvalue weighted by atomic mass is 10.1. The number of hydrogen-bond acceptors (Lipinski definition) is 5. The van der Waals surface area contributed by atoms with Crippen molar-refractivity contribution < 1.29 is 19.4 Å². The summed E-state index contributed by atoms with van der Waals surface area (Å²) >= 11 is 0. The number of nitrogens with one attached hydrogen (secondary N) is 1. The Kier molecular flexibility index (Phi) is 9.38. The van der Waals surface area contributed by atoms with E-state index in [4.69, 9.17) is 9.47 Å². The van der Waals surface area contributed by atoms with E-state index in [1.165, 1.54) is 5.56 Å². The molecule has 0 aromatic heterocycles. The number of ketones is 1. The first-order valence-corrected chi connectivity index (χ1v) is 9.41. The minimum Gasteiger partial charge on any atom is -0.492 e. The summed E-state index contributed by atoms with van der Waals surface area (Å²) in [6, 6.07) is 17.4. The highest BCUT2D eigenvalue weighted by Gasteiger charge is 2.04. The van der Waals surface area contributed by atoms with Crippen LogP contribution in [0.1, 0.15) is 25.3 Å². The largest absolute Gasteiger partial charge is 0.492 e. The zero-order valence-corrected chi connectivity index (χ0v) is 15.9.